The molecule has 0 spiro atoms. The second-order valence-electron chi connectivity index (χ2n) is 7.71. The number of ether oxygens (including phenoxy) is 1. The van der Waals surface area contributed by atoms with Crippen LogP contribution in [0.25, 0.3) is 11.1 Å². The molecule has 0 aliphatic rings. The quantitative estimate of drug-likeness (QED) is 0.387. The number of aryl methyl sites for hydroxylation is 1. The summed E-state index contributed by atoms with van der Waals surface area (Å²) in [6.07, 6.45) is 8.05. The van der Waals surface area contributed by atoms with Crippen LogP contribution in [0.2, 0.25) is 0 Å². The van der Waals surface area contributed by atoms with Crippen LogP contribution >= 0.6 is 0 Å². The smallest absolute Gasteiger partial charge is 0.257 e. The van der Waals surface area contributed by atoms with Crippen molar-refractivity contribution in [3.8, 4) is 16.9 Å². The summed E-state index contributed by atoms with van der Waals surface area (Å²) in [5, 5.41) is 2.89. The van der Waals surface area contributed by atoms with Crippen LogP contribution in [0.5, 0.6) is 5.75 Å². The number of unbranched alkanes of at least 4 members (excludes halogenated alkanes) is 2. The highest BCUT2D eigenvalue weighted by Gasteiger charge is 2.08. The lowest BCUT2D eigenvalue weighted by Crippen LogP contribution is -2.29. The lowest BCUT2D eigenvalue weighted by Gasteiger charge is -2.12. The van der Waals surface area contributed by atoms with E-state index in [4.69, 9.17) is 4.74 Å². The number of carbonyl (C=O) groups excluding carboxylic acids is 2. The zero-order valence-electron chi connectivity index (χ0n) is 18.3. The molecule has 1 amide bonds. The van der Waals surface area contributed by atoms with Gasteiger partial charge in [0.25, 0.3) is 5.91 Å². The Morgan fingerprint density at radius 1 is 0.844 bits per heavy atom. The van der Waals surface area contributed by atoms with Gasteiger partial charge in [-0.1, -0.05) is 61.0 Å². The summed E-state index contributed by atoms with van der Waals surface area (Å²) in [5.41, 5.74) is 3.12. The average Bonchev–Trinajstić information content (AvgIpc) is 2.85. The number of Topliss-reactive ketones (excluding diaryl/α,β-unsaturated/α-hetero) is 1. The van der Waals surface area contributed by atoms with Crippen molar-refractivity contribution >= 4 is 11.7 Å². The van der Waals surface area contributed by atoms with Gasteiger partial charge in [0.15, 0.2) is 6.61 Å². The molecule has 0 aliphatic heterocycles. The maximum Gasteiger partial charge on any atom is 0.257 e. The number of amides is 1. The highest BCUT2D eigenvalue weighted by atomic mass is 16.5. The summed E-state index contributed by atoms with van der Waals surface area (Å²) in [4.78, 5) is 28.2. The highest BCUT2D eigenvalue weighted by molar-refractivity contribution is 5.79. The van der Waals surface area contributed by atoms with Gasteiger partial charge in [-0.2, -0.15) is 0 Å². The zero-order chi connectivity index (χ0) is 22.4. The van der Waals surface area contributed by atoms with Crippen LogP contribution in [0.1, 0.15) is 37.7 Å². The largest absolute Gasteiger partial charge is 0.483 e. The number of ketones is 1. The maximum atomic E-state index is 12.1. The van der Waals surface area contributed by atoms with E-state index in [0.29, 0.717) is 25.1 Å². The van der Waals surface area contributed by atoms with Gasteiger partial charge < -0.3 is 10.1 Å². The van der Waals surface area contributed by atoms with Crippen molar-refractivity contribution in [3.63, 3.8) is 0 Å². The molecule has 0 aliphatic carbocycles. The Balaban J connectivity index is 1.27. The van der Waals surface area contributed by atoms with E-state index in [1.54, 1.807) is 12.4 Å². The van der Waals surface area contributed by atoms with Gasteiger partial charge in [-0.25, -0.2) is 0 Å². The standard InChI is InChI=1S/C27H30N2O3/c30-24(17-16-22-10-9-18-28-20-22)13-5-2-8-19-29-27(31)21-32-26-15-7-6-14-25(26)23-11-3-1-4-12-23/h1,3-4,6-7,9-12,14-15,18,20H,2,5,8,13,16-17,19,21H2,(H,29,31). The molecule has 0 saturated heterocycles. The number of nitrogens with zero attached hydrogens (tertiary/aromatic N) is 1. The lowest BCUT2D eigenvalue weighted by atomic mass is 10.0. The van der Waals surface area contributed by atoms with Crippen LogP contribution in [0.3, 0.4) is 0 Å². The number of carbonyl (C=O) groups is 2. The van der Waals surface area contributed by atoms with Crippen molar-refractivity contribution in [2.24, 2.45) is 0 Å². The number of hydrogen-bond acceptors (Lipinski definition) is 4. The Bertz CT molecular complexity index is 974. The normalized spacial score (nSPS) is 10.5. The Morgan fingerprint density at radius 2 is 1.66 bits per heavy atom. The third-order valence-corrected chi connectivity index (χ3v) is 5.20. The molecule has 1 heterocycles. The number of hydrogen-bond donors (Lipinski definition) is 1. The Labute approximate surface area is 189 Å². The first-order valence-electron chi connectivity index (χ1n) is 11.2. The average molecular weight is 431 g/mol. The SMILES string of the molecule is O=C(CCCCCNC(=O)COc1ccccc1-c1ccccc1)CCc1cccnc1. The fourth-order valence-electron chi connectivity index (χ4n) is 3.45. The molecular weight excluding hydrogens is 400 g/mol. The van der Waals surface area contributed by atoms with Crippen molar-refractivity contribution < 1.29 is 14.3 Å². The summed E-state index contributed by atoms with van der Waals surface area (Å²) in [5.74, 6) is 0.836. The van der Waals surface area contributed by atoms with E-state index in [-0.39, 0.29) is 18.3 Å². The molecule has 5 heteroatoms. The van der Waals surface area contributed by atoms with Crippen molar-refractivity contribution in [3.05, 3.63) is 84.7 Å². The molecule has 0 unspecified atom stereocenters. The third kappa shape index (κ3) is 7.99. The highest BCUT2D eigenvalue weighted by Crippen LogP contribution is 2.29. The van der Waals surface area contributed by atoms with Gasteiger partial charge in [0, 0.05) is 37.3 Å². The number of benzene rings is 2. The first-order valence-corrected chi connectivity index (χ1v) is 11.2. The Kier molecular flexibility index (Phi) is 9.46. The number of para-hydroxylation sites is 1. The molecular formula is C27H30N2O3. The first kappa shape index (κ1) is 23.2. The summed E-state index contributed by atoms with van der Waals surface area (Å²) >= 11 is 0. The van der Waals surface area contributed by atoms with E-state index in [1.807, 2.05) is 66.7 Å². The van der Waals surface area contributed by atoms with Gasteiger partial charge in [-0.05, 0) is 42.5 Å². The van der Waals surface area contributed by atoms with E-state index >= 15 is 0 Å². The lowest BCUT2D eigenvalue weighted by molar-refractivity contribution is -0.123. The minimum Gasteiger partial charge on any atom is -0.483 e. The van der Waals surface area contributed by atoms with Gasteiger partial charge in [-0.3, -0.25) is 14.6 Å². The summed E-state index contributed by atoms with van der Waals surface area (Å²) in [7, 11) is 0. The molecule has 166 valence electrons. The molecule has 0 atom stereocenters. The van der Waals surface area contributed by atoms with Crippen LogP contribution in [-0.4, -0.2) is 29.8 Å². The molecule has 5 nitrogen and oxygen atoms in total. The minimum atomic E-state index is -0.139. The summed E-state index contributed by atoms with van der Waals surface area (Å²) < 4.78 is 5.77. The second-order valence-corrected chi connectivity index (χ2v) is 7.71. The number of nitrogens with one attached hydrogen (secondary N) is 1. The molecule has 3 rings (SSSR count). The van der Waals surface area contributed by atoms with Crippen LogP contribution < -0.4 is 10.1 Å². The number of aromatic nitrogens is 1. The van der Waals surface area contributed by atoms with Gasteiger partial charge in [0.05, 0.1) is 0 Å². The van der Waals surface area contributed by atoms with Gasteiger partial charge >= 0.3 is 0 Å². The molecule has 2 aromatic carbocycles. The van der Waals surface area contributed by atoms with Gasteiger partial charge in [0.2, 0.25) is 0 Å². The van der Waals surface area contributed by atoms with Gasteiger partial charge in [-0.15, -0.1) is 0 Å². The fourth-order valence-corrected chi connectivity index (χ4v) is 3.45. The second kappa shape index (κ2) is 13.1. The molecule has 0 saturated carbocycles. The zero-order valence-corrected chi connectivity index (χ0v) is 18.3. The molecule has 1 aromatic heterocycles. The minimum absolute atomic E-state index is 0.0172. The third-order valence-electron chi connectivity index (χ3n) is 5.20. The molecule has 0 radical (unpaired) electrons. The molecule has 1 N–H and O–H groups in total. The predicted molar refractivity (Wildman–Crippen MR) is 126 cm³/mol. The van der Waals surface area contributed by atoms with Crippen molar-refractivity contribution in [1.29, 1.82) is 0 Å². The predicted octanol–water partition coefficient (Wildman–Crippen LogP) is 5.01. The van der Waals surface area contributed by atoms with Crippen molar-refractivity contribution in [1.82, 2.24) is 10.3 Å². The molecule has 0 bridgehead atoms. The Hall–Kier alpha value is -3.47. The van der Waals surface area contributed by atoms with E-state index in [1.165, 1.54) is 0 Å². The first-order chi connectivity index (χ1) is 15.7. The van der Waals surface area contributed by atoms with E-state index in [0.717, 1.165) is 42.4 Å². The van der Waals surface area contributed by atoms with E-state index < -0.39 is 0 Å². The molecule has 3 aromatic rings. The summed E-state index contributed by atoms with van der Waals surface area (Å²) in [6, 6.07) is 21.6. The number of rotatable bonds is 13. The topological polar surface area (TPSA) is 68.3 Å². The van der Waals surface area contributed by atoms with E-state index in [2.05, 4.69) is 10.3 Å². The fraction of sp³-hybridized carbons (Fsp3) is 0.296. The van der Waals surface area contributed by atoms with Crippen LogP contribution in [0.4, 0.5) is 0 Å². The van der Waals surface area contributed by atoms with Crippen LogP contribution in [0, 0.1) is 0 Å². The molecule has 0 fully saturated rings. The number of pyridine rings is 1. The maximum absolute atomic E-state index is 12.1. The summed E-state index contributed by atoms with van der Waals surface area (Å²) in [6.45, 7) is 0.572. The Morgan fingerprint density at radius 3 is 2.47 bits per heavy atom. The van der Waals surface area contributed by atoms with Crippen LogP contribution in [0.15, 0.2) is 79.1 Å². The van der Waals surface area contributed by atoms with Gasteiger partial charge in [0.1, 0.15) is 11.5 Å². The van der Waals surface area contributed by atoms with Crippen molar-refractivity contribution in [2.45, 2.75) is 38.5 Å². The monoisotopic (exact) mass is 430 g/mol. The molecule has 32 heavy (non-hydrogen) atoms. The van der Waals surface area contributed by atoms with Crippen molar-refractivity contribution in [2.75, 3.05) is 13.2 Å². The van der Waals surface area contributed by atoms with E-state index in [9.17, 15) is 9.59 Å². The van der Waals surface area contributed by atoms with Crippen LogP contribution in [-0.2, 0) is 16.0 Å².